The predicted molar refractivity (Wildman–Crippen MR) is 294 cm³/mol. The third kappa shape index (κ3) is 6.18. The maximum Gasteiger partial charge on any atom is 0.143 e. The lowest BCUT2D eigenvalue weighted by atomic mass is 9.83. The van der Waals surface area contributed by atoms with Gasteiger partial charge in [-0.2, -0.15) is 0 Å². The molecule has 0 aliphatic carbocycles. The summed E-state index contributed by atoms with van der Waals surface area (Å²) < 4.78 is 7.05. The zero-order chi connectivity index (χ0) is 45.4. The summed E-state index contributed by atoms with van der Waals surface area (Å²) in [7, 11) is 0. The molecular formula is C68H42O. The molecule has 0 N–H and O–H groups in total. The first-order valence-corrected chi connectivity index (χ1v) is 23.8. The smallest absolute Gasteiger partial charge is 0.143 e. The van der Waals surface area contributed by atoms with E-state index in [2.05, 4.69) is 255 Å². The molecule has 0 fully saturated rings. The average Bonchev–Trinajstić information content (AvgIpc) is 3.80. The second-order valence-electron chi connectivity index (χ2n) is 18.2. The first-order chi connectivity index (χ1) is 34.3. The van der Waals surface area contributed by atoms with E-state index in [1.165, 1.54) is 115 Å². The van der Waals surface area contributed by atoms with Gasteiger partial charge in [-0.1, -0.05) is 243 Å². The van der Waals surface area contributed by atoms with Crippen LogP contribution < -0.4 is 0 Å². The molecule has 320 valence electrons. The fourth-order valence-electron chi connectivity index (χ4n) is 11.5. The van der Waals surface area contributed by atoms with Crippen LogP contribution in [-0.2, 0) is 0 Å². The highest BCUT2D eigenvalue weighted by Crippen LogP contribution is 2.50. The van der Waals surface area contributed by atoms with E-state index in [0.29, 0.717) is 0 Å². The van der Waals surface area contributed by atoms with E-state index in [-0.39, 0.29) is 0 Å². The van der Waals surface area contributed by atoms with Crippen molar-refractivity contribution in [2.45, 2.75) is 0 Å². The van der Waals surface area contributed by atoms with Gasteiger partial charge in [-0.05, 0) is 122 Å². The molecule has 1 heterocycles. The van der Waals surface area contributed by atoms with Crippen molar-refractivity contribution in [3.63, 3.8) is 0 Å². The number of hydrogen-bond acceptors (Lipinski definition) is 1. The largest absolute Gasteiger partial charge is 0.455 e. The Hall–Kier alpha value is -9.04. The molecule has 14 aromatic rings. The molecule has 1 nitrogen and oxygen atoms in total. The molecule has 0 unspecified atom stereocenters. The van der Waals surface area contributed by atoms with E-state index < -0.39 is 0 Å². The number of para-hydroxylation sites is 1. The third-order valence-corrected chi connectivity index (χ3v) is 14.5. The van der Waals surface area contributed by atoms with Crippen molar-refractivity contribution >= 4 is 75.8 Å². The van der Waals surface area contributed by atoms with Crippen LogP contribution in [0.1, 0.15) is 0 Å². The molecular weight excluding hydrogens is 833 g/mol. The van der Waals surface area contributed by atoms with Crippen LogP contribution in [0.3, 0.4) is 0 Å². The van der Waals surface area contributed by atoms with Crippen LogP contribution in [0.15, 0.2) is 259 Å². The molecule has 0 bridgehead atoms. The highest BCUT2D eigenvalue weighted by molar-refractivity contribution is 6.27. The standard InChI is InChI=1S/C68H42O/c1-3-18-43(19-4-1)44-34-36-46(37-35-44)64-51-24-9-11-26-53(51)65(54-27-12-10-25-52(54)64)47-38-41-63-62(42-47)60-32-17-33-61(68(60)69-63)67-57-30-15-13-28-55(57)66(56-29-14-16-31-58(56)67)59-40-39-48(45-20-5-2-6-21-45)49-22-7-8-23-50(49)59/h1-42H. The maximum atomic E-state index is 7.05. The van der Waals surface area contributed by atoms with Gasteiger partial charge < -0.3 is 4.42 Å². The van der Waals surface area contributed by atoms with Gasteiger partial charge in [0.15, 0.2) is 0 Å². The lowest BCUT2D eigenvalue weighted by Gasteiger charge is -2.19. The fourth-order valence-corrected chi connectivity index (χ4v) is 11.5. The second-order valence-corrected chi connectivity index (χ2v) is 18.2. The first kappa shape index (κ1) is 39.2. The quantitative estimate of drug-likeness (QED) is 0.152. The molecule has 1 aromatic heterocycles. The summed E-state index contributed by atoms with van der Waals surface area (Å²) in [6, 6.07) is 93.1. The highest BCUT2D eigenvalue weighted by Gasteiger charge is 2.23. The Bertz CT molecular complexity index is 4220. The van der Waals surface area contributed by atoms with Gasteiger partial charge in [0, 0.05) is 21.9 Å². The SMILES string of the molecule is c1ccc(-c2ccc(-c3c4ccccc4c(-c4ccc5oc6c(-c7c8ccccc8c(-c8ccc(-c9ccccc9)c9ccccc89)c8ccccc78)cccc6c5c4)c4ccccc34)cc2)cc1. The minimum absolute atomic E-state index is 0.875. The maximum absolute atomic E-state index is 7.05. The van der Waals surface area contributed by atoms with E-state index in [0.717, 1.165) is 27.5 Å². The van der Waals surface area contributed by atoms with E-state index in [1.807, 2.05) is 0 Å². The molecule has 0 radical (unpaired) electrons. The van der Waals surface area contributed by atoms with Gasteiger partial charge in [-0.3, -0.25) is 0 Å². The molecule has 0 spiro atoms. The summed E-state index contributed by atoms with van der Waals surface area (Å²) in [4.78, 5) is 0. The van der Waals surface area contributed by atoms with Crippen LogP contribution in [0, 0.1) is 0 Å². The minimum atomic E-state index is 0.875. The van der Waals surface area contributed by atoms with E-state index in [4.69, 9.17) is 4.42 Å². The monoisotopic (exact) mass is 874 g/mol. The summed E-state index contributed by atoms with van der Waals surface area (Å²) in [5.41, 5.74) is 16.3. The molecule has 0 amide bonds. The lowest BCUT2D eigenvalue weighted by Crippen LogP contribution is -1.92. The molecule has 0 aliphatic heterocycles. The van der Waals surface area contributed by atoms with Gasteiger partial charge >= 0.3 is 0 Å². The molecule has 0 saturated carbocycles. The summed E-state index contributed by atoms with van der Waals surface area (Å²) in [5.74, 6) is 0. The van der Waals surface area contributed by atoms with Crippen LogP contribution in [0.25, 0.3) is 143 Å². The fraction of sp³-hybridized carbons (Fsp3) is 0. The minimum Gasteiger partial charge on any atom is -0.455 e. The van der Waals surface area contributed by atoms with Crippen molar-refractivity contribution in [1.82, 2.24) is 0 Å². The Balaban J connectivity index is 0.956. The van der Waals surface area contributed by atoms with Gasteiger partial charge in [-0.15, -0.1) is 0 Å². The average molecular weight is 875 g/mol. The van der Waals surface area contributed by atoms with Gasteiger partial charge in [-0.25, -0.2) is 0 Å². The molecule has 0 atom stereocenters. The molecule has 69 heavy (non-hydrogen) atoms. The van der Waals surface area contributed by atoms with Crippen LogP contribution in [0.4, 0.5) is 0 Å². The Labute approximate surface area is 399 Å². The molecule has 0 saturated heterocycles. The normalized spacial score (nSPS) is 11.8. The van der Waals surface area contributed by atoms with Crippen LogP contribution >= 0.6 is 0 Å². The zero-order valence-electron chi connectivity index (χ0n) is 37.7. The van der Waals surface area contributed by atoms with Gasteiger partial charge in [0.25, 0.3) is 0 Å². The number of benzene rings is 13. The van der Waals surface area contributed by atoms with Crippen molar-refractivity contribution in [2.75, 3.05) is 0 Å². The molecule has 1 heteroatoms. The highest BCUT2D eigenvalue weighted by atomic mass is 16.3. The van der Waals surface area contributed by atoms with Crippen molar-refractivity contribution in [1.29, 1.82) is 0 Å². The second kappa shape index (κ2) is 15.8. The molecule has 14 rings (SSSR count). The summed E-state index contributed by atoms with van der Waals surface area (Å²) in [5, 5.41) is 14.5. The van der Waals surface area contributed by atoms with E-state index in [1.54, 1.807) is 0 Å². The Morgan fingerprint density at radius 1 is 0.188 bits per heavy atom. The van der Waals surface area contributed by atoms with Crippen LogP contribution in [0.5, 0.6) is 0 Å². The summed E-state index contributed by atoms with van der Waals surface area (Å²) >= 11 is 0. The van der Waals surface area contributed by atoms with E-state index in [9.17, 15) is 0 Å². The predicted octanol–water partition coefficient (Wildman–Crippen LogP) is 19.4. The van der Waals surface area contributed by atoms with Gasteiger partial charge in [0.1, 0.15) is 11.2 Å². The van der Waals surface area contributed by atoms with Crippen molar-refractivity contribution in [2.24, 2.45) is 0 Å². The number of hydrogen-bond donors (Lipinski definition) is 0. The van der Waals surface area contributed by atoms with E-state index >= 15 is 0 Å². The van der Waals surface area contributed by atoms with Gasteiger partial charge in [0.05, 0.1) is 0 Å². The lowest BCUT2D eigenvalue weighted by molar-refractivity contribution is 0.670. The van der Waals surface area contributed by atoms with Crippen molar-refractivity contribution in [3.05, 3.63) is 255 Å². The van der Waals surface area contributed by atoms with Crippen LogP contribution in [-0.4, -0.2) is 0 Å². The Kier molecular flexibility index (Phi) is 8.97. The Morgan fingerprint density at radius 3 is 1.12 bits per heavy atom. The van der Waals surface area contributed by atoms with Crippen LogP contribution in [0.2, 0.25) is 0 Å². The summed E-state index contributed by atoms with van der Waals surface area (Å²) in [6.45, 7) is 0. The molecule has 13 aromatic carbocycles. The third-order valence-electron chi connectivity index (χ3n) is 14.5. The zero-order valence-corrected chi connectivity index (χ0v) is 37.7. The molecule has 0 aliphatic rings. The topological polar surface area (TPSA) is 13.1 Å². The van der Waals surface area contributed by atoms with Crippen molar-refractivity contribution in [3.8, 4) is 66.8 Å². The summed E-state index contributed by atoms with van der Waals surface area (Å²) in [6.07, 6.45) is 0. The van der Waals surface area contributed by atoms with Gasteiger partial charge in [0.2, 0.25) is 0 Å². The Morgan fingerprint density at radius 2 is 0.565 bits per heavy atom. The number of fused-ring (bicyclic) bond motifs is 8. The number of furan rings is 1. The van der Waals surface area contributed by atoms with Crippen molar-refractivity contribution < 1.29 is 4.42 Å². The first-order valence-electron chi connectivity index (χ1n) is 23.8. The number of rotatable bonds is 6.